The molecule has 1 amide bonds. The lowest BCUT2D eigenvalue weighted by Crippen LogP contribution is -2.44. The van der Waals surface area contributed by atoms with E-state index in [1.807, 2.05) is 0 Å². The molecule has 0 aliphatic carbocycles. The number of carbonyl (C=O) groups is 1. The number of hydrogen-bond donors (Lipinski definition) is 1. The van der Waals surface area contributed by atoms with E-state index >= 15 is 0 Å². The van der Waals surface area contributed by atoms with Gasteiger partial charge in [0.15, 0.2) is 0 Å². The number of hydrogen-bond acceptors (Lipinski definition) is 2. The molecule has 1 aliphatic rings. The van der Waals surface area contributed by atoms with E-state index in [0.717, 1.165) is 0 Å². The highest BCUT2D eigenvalue weighted by Gasteiger charge is 2.38. The second-order valence-electron chi connectivity index (χ2n) is 5.65. The second kappa shape index (κ2) is 7.82. The fourth-order valence-corrected chi connectivity index (χ4v) is 2.63. The molecular formula is C15H17ClF6N2O. The number of carbonyl (C=O) groups excluding carboxylic acids is 1. The van der Waals surface area contributed by atoms with Crippen LogP contribution in [0.15, 0.2) is 18.2 Å². The Kier molecular flexibility index (Phi) is 6.74. The second-order valence-corrected chi connectivity index (χ2v) is 5.65. The van der Waals surface area contributed by atoms with Crippen LogP contribution < -0.4 is 5.32 Å². The summed E-state index contributed by atoms with van der Waals surface area (Å²) < 4.78 is 77.0. The Balaban J connectivity index is 0.00000312. The van der Waals surface area contributed by atoms with Crippen LogP contribution in [0.25, 0.3) is 0 Å². The SMILES string of the molecule is CNC1CCN(C(=O)c2cc(C(F)(F)F)cc(C(F)(F)F)c2)CC1.Cl. The number of nitrogens with one attached hydrogen (secondary N) is 1. The molecule has 1 fully saturated rings. The molecule has 1 aliphatic heterocycles. The van der Waals surface area contributed by atoms with Crippen LogP contribution in [0.3, 0.4) is 0 Å². The Labute approximate surface area is 146 Å². The van der Waals surface area contributed by atoms with Crippen molar-refractivity contribution >= 4 is 18.3 Å². The van der Waals surface area contributed by atoms with E-state index in [0.29, 0.717) is 25.0 Å². The summed E-state index contributed by atoms with van der Waals surface area (Å²) in [7, 11) is 1.75. The third kappa shape index (κ3) is 5.24. The quantitative estimate of drug-likeness (QED) is 0.775. The number of nitrogens with zero attached hydrogens (tertiary/aromatic N) is 1. The zero-order valence-corrected chi connectivity index (χ0v) is 14.0. The largest absolute Gasteiger partial charge is 0.416 e. The first-order valence-corrected chi connectivity index (χ1v) is 7.28. The molecule has 0 unspecified atom stereocenters. The Morgan fingerprint density at radius 1 is 1.00 bits per heavy atom. The Bertz CT molecular complexity index is 577. The van der Waals surface area contributed by atoms with E-state index in [4.69, 9.17) is 0 Å². The molecule has 142 valence electrons. The van der Waals surface area contributed by atoms with Gasteiger partial charge in [0.2, 0.25) is 0 Å². The van der Waals surface area contributed by atoms with Crippen LogP contribution in [0.4, 0.5) is 26.3 Å². The van der Waals surface area contributed by atoms with E-state index in [2.05, 4.69) is 5.32 Å². The number of rotatable bonds is 2. The first-order chi connectivity index (χ1) is 11.0. The van der Waals surface area contributed by atoms with Crippen molar-refractivity contribution in [2.45, 2.75) is 31.2 Å². The van der Waals surface area contributed by atoms with Crippen LogP contribution in [0.5, 0.6) is 0 Å². The summed E-state index contributed by atoms with van der Waals surface area (Å²) in [5, 5.41) is 3.03. The third-order valence-electron chi connectivity index (χ3n) is 4.03. The molecule has 1 heterocycles. The van der Waals surface area contributed by atoms with Crippen molar-refractivity contribution in [1.29, 1.82) is 0 Å². The van der Waals surface area contributed by atoms with Crippen molar-refractivity contribution in [3.63, 3.8) is 0 Å². The minimum Gasteiger partial charge on any atom is -0.339 e. The summed E-state index contributed by atoms with van der Waals surface area (Å²) in [4.78, 5) is 13.6. The zero-order valence-electron chi connectivity index (χ0n) is 13.2. The van der Waals surface area contributed by atoms with Crippen LogP contribution in [0.2, 0.25) is 0 Å². The number of halogens is 7. The van der Waals surface area contributed by atoms with E-state index < -0.39 is 35.0 Å². The molecule has 0 radical (unpaired) electrons. The van der Waals surface area contributed by atoms with Crippen molar-refractivity contribution in [2.75, 3.05) is 20.1 Å². The lowest BCUT2D eigenvalue weighted by atomic mass is 10.0. The maximum atomic E-state index is 12.8. The predicted octanol–water partition coefficient (Wildman–Crippen LogP) is 3.97. The molecule has 1 aromatic carbocycles. The molecule has 1 aromatic rings. The van der Waals surface area contributed by atoms with Crippen molar-refractivity contribution in [3.8, 4) is 0 Å². The van der Waals surface area contributed by atoms with Crippen molar-refractivity contribution in [3.05, 3.63) is 34.9 Å². The van der Waals surface area contributed by atoms with Crippen LogP contribution >= 0.6 is 12.4 Å². The maximum absolute atomic E-state index is 12.8. The number of piperidine rings is 1. The van der Waals surface area contributed by atoms with Crippen LogP contribution in [0.1, 0.15) is 34.3 Å². The zero-order chi connectivity index (χ0) is 18.1. The van der Waals surface area contributed by atoms with Gasteiger partial charge in [-0.2, -0.15) is 26.3 Å². The minimum absolute atomic E-state index is 0. The first-order valence-electron chi connectivity index (χ1n) is 7.28. The molecule has 0 bridgehead atoms. The van der Waals surface area contributed by atoms with Gasteiger partial charge in [-0.05, 0) is 38.1 Å². The summed E-state index contributed by atoms with van der Waals surface area (Å²) in [6, 6.07) is 1.15. The van der Waals surface area contributed by atoms with Gasteiger partial charge in [-0.3, -0.25) is 4.79 Å². The molecule has 0 atom stereocenters. The van der Waals surface area contributed by atoms with Gasteiger partial charge in [-0.15, -0.1) is 12.4 Å². The van der Waals surface area contributed by atoms with Gasteiger partial charge in [-0.1, -0.05) is 0 Å². The lowest BCUT2D eigenvalue weighted by molar-refractivity contribution is -0.143. The van der Waals surface area contributed by atoms with Gasteiger partial charge in [-0.25, -0.2) is 0 Å². The molecule has 0 spiro atoms. The fraction of sp³-hybridized carbons (Fsp3) is 0.533. The normalized spacial score (nSPS) is 16.5. The number of likely N-dealkylation sites (tertiary alicyclic amines) is 1. The maximum Gasteiger partial charge on any atom is 0.416 e. The van der Waals surface area contributed by atoms with Gasteiger partial charge in [0, 0.05) is 24.7 Å². The fourth-order valence-electron chi connectivity index (χ4n) is 2.63. The molecule has 10 heteroatoms. The highest BCUT2D eigenvalue weighted by Crippen LogP contribution is 2.36. The van der Waals surface area contributed by atoms with Gasteiger partial charge in [0.25, 0.3) is 5.91 Å². The summed E-state index contributed by atoms with van der Waals surface area (Å²) in [5.74, 6) is -0.818. The van der Waals surface area contributed by atoms with Gasteiger partial charge >= 0.3 is 12.4 Å². The number of amides is 1. The van der Waals surface area contributed by atoms with Crippen LogP contribution in [-0.4, -0.2) is 37.0 Å². The Morgan fingerprint density at radius 3 is 1.80 bits per heavy atom. The third-order valence-corrected chi connectivity index (χ3v) is 4.03. The molecule has 2 rings (SSSR count). The molecule has 1 saturated heterocycles. The average molecular weight is 391 g/mol. The molecule has 0 saturated carbocycles. The molecule has 3 nitrogen and oxygen atoms in total. The smallest absolute Gasteiger partial charge is 0.339 e. The molecular weight excluding hydrogens is 374 g/mol. The summed E-state index contributed by atoms with van der Waals surface area (Å²) in [6.45, 7) is 0.559. The summed E-state index contributed by atoms with van der Waals surface area (Å²) in [6.07, 6.45) is -8.74. The van der Waals surface area contributed by atoms with E-state index in [9.17, 15) is 31.1 Å². The Hall–Kier alpha value is -1.48. The van der Waals surface area contributed by atoms with E-state index in [1.54, 1.807) is 7.05 Å². The van der Waals surface area contributed by atoms with Crippen molar-refractivity contribution in [2.24, 2.45) is 0 Å². The van der Waals surface area contributed by atoms with E-state index in [-0.39, 0.29) is 37.6 Å². The van der Waals surface area contributed by atoms with Gasteiger partial charge in [0.05, 0.1) is 11.1 Å². The van der Waals surface area contributed by atoms with Crippen molar-refractivity contribution in [1.82, 2.24) is 10.2 Å². The van der Waals surface area contributed by atoms with Gasteiger partial charge in [0.1, 0.15) is 0 Å². The number of alkyl halides is 6. The highest BCUT2D eigenvalue weighted by atomic mass is 35.5. The van der Waals surface area contributed by atoms with E-state index in [1.165, 1.54) is 4.90 Å². The molecule has 0 aromatic heterocycles. The van der Waals surface area contributed by atoms with Crippen LogP contribution in [-0.2, 0) is 12.4 Å². The Morgan fingerprint density at radius 2 is 1.44 bits per heavy atom. The monoisotopic (exact) mass is 390 g/mol. The minimum atomic E-state index is -4.96. The molecule has 1 N–H and O–H groups in total. The average Bonchev–Trinajstić information content (AvgIpc) is 2.52. The van der Waals surface area contributed by atoms with Crippen molar-refractivity contribution < 1.29 is 31.1 Å². The first kappa shape index (κ1) is 21.6. The summed E-state index contributed by atoms with van der Waals surface area (Å²) in [5.41, 5.74) is -3.56. The number of benzene rings is 1. The van der Waals surface area contributed by atoms with Crippen LogP contribution in [0, 0.1) is 0 Å². The predicted molar refractivity (Wildman–Crippen MR) is 81.7 cm³/mol. The summed E-state index contributed by atoms with van der Waals surface area (Å²) >= 11 is 0. The van der Waals surface area contributed by atoms with Gasteiger partial charge < -0.3 is 10.2 Å². The standard InChI is InChI=1S/C15H16F6N2O.ClH/c1-22-12-2-4-23(5-3-12)13(24)9-6-10(14(16,17)18)8-11(7-9)15(19,20)21;/h6-8,12,22H,2-5H2,1H3;1H. The highest BCUT2D eigenvalue weighted by molar-refractivity contribution is 5.94. The topological polar surface area (TPSA) is 32.3 Å². The molecule has 25 heavy (non-hydrogen) atoms. The lowest BCUT2D eigenvalue weighted by Gasteiger charge is -2.32.